The molecule has 0 aliphatic heterocycles. The van der Waals surface area contributed by atoms with Crippen molar-refractivity contribution >= 4 is 40.1 Å². The zero-order chi connectivity index (χ0) is 14.7. The maximum absolute atomic E-state index is 11.1. The fraction of sp³-hybridized carbons (Fsp3) is 0.143. The van der Waals surface area contributed by atoms with E-state index in [9.17, 15) is 9.79 Å². The van der Waals surface area contributed by atoms with E-state index in [2.05, 4.69) is 18.8 Å². The van der Waals surface area contributed by atoms with Gasteiger partial charge in [-0.25, -0.2) is 0 Å². The summed E-state index contributed by atoms with van der Waals surface area (Å²) in [4.78, 5) is 22.2. The first kappa shape index (κ1) is 15.7. The van der Waals surface area contributed by atoms with Gasteiger partial charge in [0.25, 0.3) is 0 Å². The van der Waals surface area contributed by atoms with E-state index in [1.54, 1.807) is 0 Å². The van der Waals surface area contributed by atoms with Crippen LogP contribution in [0.2, 0.25) is 0 Å². The van der Waals surface area contributed by atoms with E-state index in [0.717, 1.165) is 0 Å². The fourth-order valence-electron chi connectivity index (χ4n) is 2.35. The Morgan fingerprint density at radius 2 is 1.50 bits per heavy atom. The van der Waals surface area contributed by atoms with Gasteiger partial charge in [0.05, 0.1) is 0 Å². The SMILES string of the molecule is BBP(O)(O)(CP(C)c1ccccc1)c1ccccc1. The Hall–Kier alpha value is -0.650. The van der Waals surface area contributed by atoms with Crippen molar-refractivity contribution in [3.63, 3.8) is 0 Å². The van der Waals surface area contributed by atoms with Crippen LogP contribution in [0.1, 0.15) is 0 Å². The number of hydrogen-bond acceptors (Lipinski definition) is 2. The van der Waals surface area contributed by atoms with Gasteiger partial charge in [0.15, 0.2) is 0 Å². The first-order valence-corrected chi connectivity index (χ1v) is 11.3. The molecule has 2 aromatic rings. The van der Waals surface area contributed by atoms with Crippen LogP contribution < -0.4 is 10.6 Å². The van der Waals surface area contributed by atoms with Gasteiger partial charge in [-0.3, -0.25) is 0 Å². The van der Waals surface area contributed by atoms with Gasteiger partial charge >= 0.3 is 123 Å². The normalized spacial score (nSPS) is 15.1. The molecule has 0 amide bonds. The molecular weight excluding hydrogens is 284 g/mol. The maximum atomic E-state index is 11.1. The van der Waals surface area contributed by atoms with Crippen LogP contribution in [0.25, 0.3) is 0 Å². The van der Waals surface area contributed by atoms with Gasteiger partial charge in [-0.15, -0.1) is 0 Å². The summed E-state index contributed by atoms with van der Waals surface area (Å²) < 4.78 is 0. The van der Waals surface area contributed by atoms with Gasteiger partial charge in [0.2, 0.25) is 0 Å². The number of rotatable bonds is 5. The van der Waals surface area contributed by atoms with Gasteiger partial charge in [0.1, 0.15) is 0 Å². The molecule has 1 atom stereocenters. The van der Waals surface area contributed by atoms with Gasteiger partial charge in [0, 0.05) is 0 Å². The summed E-state index contributed by atoms with van der Waals surface area (Å²) in [7, 11) is 1.29. The Kier molecular flexibility index (Phi) is 4.72. The third kappa shape index (κ3) is 3.32. The predicted molar refractivity (Wildman–Crippen MR) is 96.9 cm³/mol. The molecule has 0 saturated carbocycles. The van der Waals surface area contributed by atoms with Crippen molar-refractivity contribution in [1.29, 1.82) is 0 Å². The minimum absolute atomic E-state index is 0.398. The van der Waals surface area contributed by atoms with Crippen molar-refractivity contribution in [2.75, 3.05) is 12.6 Å². The van der Waals surface area contributed by atoms with Crippen molar-refractivity contribution < 1.29 is 9.79 Å². The summed E-state index contributed by atoms with van der Waals surface area (Å²) in [5, 5.41) is 1.91. The molecule has 20 heavy (non-hydrogen) atoms. The molecule has 104 valence electrons. The third-order valence-electron chi connectivity index (χ3n) is 3.72. The first-order chi connectivity index (χ1) is 9.44. The molecule has 0 aromatic heterocycles. The summed E-state index contributed by atoms with van der Waals surface area (Å²) in [5.41, 5.74) is 0. The van der Waals surface area contributed by atoms with Crippen molar-refractivity contribution in [1.82, 2.24) is 0 Å². The Labute approximate surface area is 123 Å². The zero-order valence-corrected chi connectivity index (χ0v) is 13.8. The minimum atomic E-state index is -3.80. The van der Waals surface area contributed by atoms with Gasteiger partial charge in [-0.1, -0.05) is 0 Å². The van der Waals surface area contributed by atoms with E-state index in [1.807, 2.05) is 56.3 Å². The van der Waals surface area contributed by atoms with E-state index in [-0.39, 0.29) is 0 Å². The Bertz CT molecular complexity index is 564. The van der Waals surface area contributed by atoms with Crippen LogP contribution in [0.4, 0.5) is 0 Å². The van der Waals surface area contributed by atoms with Crippen molar-refractivity contribution in [3.05, 3.63) is 60.7 Å². The molecular formula is C14H20B2O2P2. The molecule has 2 nitrogen and oxygen atoms in total. The van der Waals surface area contributed by atoms with Crippen LogP contribution in [0, 0.1) is 0 Å². The molecule has 0 aliphatic rings. The summed E-state index contributed by atoms with van der Waals surface area (Å²) in [6, 6.07) is 19.5. The average Bonchev–Trinajstić information content (AvgIpc) is 2.49. The zero-order valence-electron chi connectivity index (χ0n) is 12.0. The van der Waals surface area contributed by atoms with E-state index in [0.29, 0.717) is 18.1 Å². The van der Waals surface area contributed by atoms with Crippen molar-refractivity contribution in [3.8, 4) is 0 Å². The van der Waals surface area contributed by atoms with Crippen LogP contribution in [0.15, 0.2) is 60.7 Å². The summed E-state index contributed by atoms with van der Waals surface area (Å²) in [6.07, 6.45) is 0. The molecule has 1 unspecified atom stereocenters. The standard InChI is InChI=1S/C14H20B2O2P2/c1-19(13-8-4-2-5-9-13)12-20(17,18,16-15)14-10-6-3-7-11-14/h2-11,16-18H,12,15H2,1H3. The van der Waals surface area contributed by atoms with Crippen molar-refractivity contribution in [2.45, 2.75) is 0 Å². The van der Waals surface area contributed by atoms with Crippen LogP contribution in [0.3, 0.4) is 0 Å². The van der Waals surface area contributed by atoms with E-state index in [4.69, 9.17) is 0 Å². The Morgan fingerprint density at radius 3 is 2.00 bits per heavy atom. The number of hydrogen-bond donors (Lipinski definition) is 2. The first-order valence-electron chi connectivity index (χ1n) is 6.77. The molecule has 0 aliphatic carbocycles. The van der Waals surface area contributed by atoms with Crippen molar-refractivity contribution in [2.24, 2.45) is 0 Å². The quantitative estimate of drug-likeness (QED) is 0.638. The molecule has 0 bridgehead atoms. The van der Waals surface area contributed by atoms with Gasteiger partial charge in [-0.05, 0) is 0 Å². The van der Waals surface area contributed by atoms with Crippen LogP contribution >= 0.6 is 14.9 Å². The summed E-state index contributed by atoms with van der Waals surface area (Å²) >= 11 is 0. The molecule has 0 saturated heterocycles. The number of benzene rings is 2. The topological polar surface area (TPSA) is 40.5 Å². The molecule has 0 heterocycles. The predicted octanol–water partition coefficient (Wildman–Crippen LogP) is 0.974. The van der Waals surface area contributed by atoms with Crippen LogP contribution in [0.5, 0.6) is 0 Å². The Balaban J connectivity index is 2.32. The second kappa shape index (κ2) is 6.00. The summed E-state index contributed by atoms with van der Waals surface area (Å²) in [6.45, 7) is -1.28. The fourth-order valence-corrected chi connectivity index (χ4v) is 9.93. The monoisotopic (exact) mass is 304 g/mol. The summed E-state index contributed by atoms with van der Waals surface area (Å²) in [5.74, 6) is 0.464. The Morgan fingerprint density at radius 1 is 1.00 bits per heavy atom. The van der Waals surface area contributed by atoms with Crippen LogP contribution in [-0.2, 0) is 0 Å². The van der Waals surface area contributed by atoms with Gasteiger partial charge in [-0.2, -0.15) is 0 Å². The molecule has 6 heteroatoms. The second-order valence-electron chi connectivity index (χ2n) is 5.22. The third-order valence-corrected chi connectivity index (χ3v) is 11.8. The molecule has 0 spiro atoms. The van der Waals surface area contributed by atoms with Crippen LogP contribution in [-0.4, -0.2) is 37.0 Å². The molecule has 2 aromatic carbocycles. The van der Waals surface area contributed by atoms with Gasteiger partial charge < -0.3 is 0 Å². The molecule has 0 radical (unpaired) electrons. The van der Waals surface area contributed by atoms with E-state index >= 15 is 0 Å². The van der Waals surface area contributed by atoms with E-state index in [1.165, 1.54) is 5.30 Å². The molecule has 2 N–H and O–H groups in total. The second-order valence-corrected chi connectivity index (χ2v) is 12.2. The average molecular weight is 304 g/mol. The molecule has 0 fully saturated rings. The van der Waals surface area contributed by atoms with E-state index < -0.39 is 14.9 Å². The molecule has 2 rings (SSSR count).